The van der Waals surface area contributed by atoms with E-state index in [1.54, 1.807) is 42.5 Å². The lowest BCUT2D eigenvalue weighted by Gasteiger charge is -2.08. The van der Waals surface area contributed by atoms with E-state index in [1.165, 1.54) is 36.4 Å². The highest BCUT2D eigenvalue weighted by molar-refractivity contribution is 5.92. The molecule has 8 nitrogen and oxygen atoms in total. The molecule has 0 aliphatic rings. The van der Waals surface area contributed by atoms with Crippen molar-refractivity contribution < 1.29 is 38.1 Å². The molecule has 35 heavy (non-hydrogen) atoms. The molecule has 3 rings (SSSR count). The Balaban J connectivity index is 1.51. The molecule has 8 heteroatoms. The Hall–Kier alpha value is -4.85. The number of benzene rings is 3. The predicted octanol–water partition coefficient (Wildman–Crippen LogP) is 4.76. The van der Waals surface area contributed by atoms with Gasteiger partial charge in [-0.25, -0.2) is 14.4 Å². The Morgan fingerprint density at radius 2 is 1.06 bits per heavy atom. The summed E-state index contributed by atoms with van der Waals surface area (Å²) in [6.45, 7) is 6.96. The first-order valence-corrected chi connectivity index (χ1v) is 10.4. The number of hydrogen-bond donors (Lipinski definition) is 0. The van der Waals surface area contributed by atoms with E-state index in [2.05, 4.69) is 13.2 Å². The van der Waals surface area contributed by atoms with Gasteiger partial charge < -0.3 is 23.7 Å². The molecule has 0 amide bonds. The van der Waals surface area contributed by atoms with E-state index < -0.39 is 17.9 Å². The Morgan fingerprint density at radius 3 is 1.54 bits per heavy atom. The molecule has 0 spiro atoms. The second-order valence-electron chi connectivity index (χ2n) is 6.83. The number of carbonyl (C=O) groups is 3. The summed E-state index contributed by atoms with van der Waals surface area (Å²) in [6.07, 6.45) is 2.66. The van der Waals surface area contributed by atoms with Crippen molar-refractivity contribution in [1.29, 1.82) is 0 Å². The highest BCUT2D eigenvalue weighted by atomic mass is 16.7. The van der Waals surface area contributed by atoms with Crippen LogP contribution in [0, 0.1) is 0 Å². The lowest BCUT2D eigenvalue weighted by Crippen LogP contribution is -2.10. The van der Waals surface area contributed by atoms with Gasteiger partial charge >= 0.3 is 17.9 Å². The lowest BCUT2D eigenvalue weighted by molar-refractivity contribution is -0.144. The van der Waals surface area contributed by atoms with Crippen LogP contribution in [0.25, 0.3) is 0 Å². The van der Waals surface area contributed by atoms with E-state index in [1.807, 2.05) is 0 Å². The molecule has 0 bridgehead atoms. The van der Waals surface area contributed by atoms with Crippen LogP contribution >= 0.6 is 0 Å². The zero-order valence-corrected chi connectivity index (χ0v) is 18.7. The van der Waals surface area contributed by atoms with Gasteiger partial charge in [-0.05, 0) is 72.8 Å². The molecule has 0 saturated heterocycles. The molecule has 0 radical (unpaired) electrons. The molecule has 0 N–H and O–H groups in total. The molecule has 3 aromatic carbocycles. The largest absolute Gasteiger partial charge is 0.490 e. The third-order valence-electron chi connectivity index (χ3n) is 4.39. The fourth-order valence-corrected chi connectivity index (χ4v) is 2.65. The van der Waals surface area contributed by atoms with Crippen LogP contribution in [0.5, 0.6) is 23.0 Å². The number of esters is 3. The topological polar surface area (TPSA) is 97.4 Å². The third kappa shape index (κ3) is 7.61. The molecule has 178 valence electrons. The average molecular weight is 474 g/mol. The number of carbonyl (C=O) groups excluding carboxylic acids is 3. The maximum atomic E-state index is 12.4. The first kappa shape index (κ1) is 24.8. The second-order valence-corrected chi connectivity index (χ2v) is 6.83. The van der Waals surface area contributed by atoms with Gasteiger partial charge in [0, 0.05) is 6.08 Å². The molecule has 0 heterocycles. The molecule has 0 aromatic heterocycles. The molecule has 0 atom stereocenters. The highest BCUT2D eigenvalue weighted by Crippen LogP contribution is 2.20. The molecular formula is C27H22O8. The Morgan fingerprint density at radius 1 is 0.629 bits per heavy atom. The second kappa shape index (κ2) is 12.4. The van der Waals surface area contributed by atoms with Crippen molar-refractivity contribution in [2.24, 2.45) is 0 Å². The summed E-state index contributed by atoms with van der Waals surface area (Å²) in [5, 5.41) is 0. The standard InChI is InChI=1S/C27H22O8/c1-3-17-31-21-9-5-19(6-10-21)26(29)34-23-11-7-20(8-12-23)27(30)35-24-15-13-22(14-16-24)32-18-33-25(28)4-2/h3-16H,1-2,17-18H2. The van der Waals surface area contributed by atoms with E-state index in [0.717, 1.165) is 6.08 Å². The Kier molecular flexibility index (Phi) is 8.79. The minimum Gasteiger partial charge on any atom is -0.490 e. The van der Waals surface area contributed by atoms with E-state index >= 15 is 0 Å². The van der Waals surface area contributed by atoms with Gasteiger partial charge in [0.1, 0.15) is 29.6 Å². The van der Waals surface area contributed by atoms with Crippen molar-refractivity contribution in [2.45, 2.75) is 0 Å². The van der Waals surface area contributed by atoms with Crippen LogP contribution in [0.2, 0.25) is 0 Å². The van der Waals surface area contributed by atoms with Gasteiger partial charge in [0.25, 0.3) is 0 Å². The summed E-state index contributed by atoms with van der Waals surface area (Å²) in [5.74, 6) is -0.130. The van der Waals surface area contributed by atoms with Crippen LogP contribution in [0.15, 0.2) is 98.1 Å². The Labute approximate surface area is 202 Å². The van der Waals surface area contributed by atoms with Gasteiger partial charge in [0.05, 0.1) is 11.1 Å². The SMILES string of the molecule is C=CCOc1ccc(C(=O)Oc2ccc(C(=O)Oc3ccc(OCOC(=O)C=C)cc3)cc2)cc1. The summed E-state index contributed by atoms with van der Waals surface area (Å²) in [4.78, 5) is 35.7. The highest BCUT2D eigenvalue weighted by Gasteiger charge is 2.12. The van der Waals surface area contributed by atoms with Crippen molar-refractivity contribution in [3.63, 3.8) is 0 Å². The summed E-state index contributed by atoms with van der Waals surface area (Å²) in [6, 6.07) is 18.7. The normalized spacial score (nSPS) is 9.94. The van der Waals surface area contributed by atoms with Crippen molar-refractivity contribution in [1.82, 2.24) is 0 Å². The van der Waals surface area contributed by atoms with Crippen LogP contribution in [-0.4, -0.2) is 31.3 Å². The Bertz CT molecular complexity index is 1180. The summed E-state index contributed by atoms with van der Waals surface area (Å²) >= 11 is 0. The van der Waals surface area contributed by atoms with Crippen LogP contribution in [-0.2, 0) is 9.53 Å². The molecular weight excluding hydrogens is 452 g/mol. The van der Waals surface area contributed by atoms with Crippen LogP contribution in [0.3, 0.4) is 0 Å². The van der Waals surface area contributed by atoms with E-state index in [4.69, 9.17) is 23.7 Å². The average Bonchev–Trinajstić information content (AvgIpc) is 2.89. The minimum absolute atomic E-state index is 0.267. The maximum absolute atomic E-state index is 12.4. The molecule has 0 saturated carbocycles. The fourth-order valence-electron chi connectivity index (χ4n) is 2.65. The molecule has 0 unspecified atom stereocenters. The summed E-state index contributed by atoms with van der Waals surface area (Å²) in [5.41, 5.74) is 0.621. The van der Waals surface area contributed by atoms with Crippen LogP contribution in [0.4, 0.5) is 0 Å². The maximum Gasteiger partial charge on any atom is 0.343 e. The van der Waals surface area contributed by atoms with Gasteiger partial charge in [0.15, 0.2) is 0 Å². The summed E-state index contributed by atoms with van der Waals surface area (Å²) < 4.78 is 26.0. The van der Waals surface area contributed by atoms with E-state index in [-0.39, 0.29) is 18.1 Å². The number of ether oxygens (including phenoxy) is 5. The number of hydrogen-bond acceptors (Lipinski definition) is 8. The molecule has 3 aromatic rings. The quantitative estimate of drug-likeness (QED) is 0.129. The van der Waals surface area contributed by atoms with Gasteiger partial charge in [-0.15, -0.1) is 0 Å². The van der Waals surface area contributed by atoms with E-state index in [9.17, 15) is 14.4 Å². The smallest absolute Gasteiger partial charge is 0.343 e. The van der Waals surface area contributed by atoms with Crippen LogP contribution in [0.1, 0.15) is 20.7 Å². The predicted molar refractivity (Wildman–Crippen MR) is 127 cm³/mol. The van der Waals surface area contributed by atoms with Crippen molar-refractivity contribution in [3.05, 3.63) is 109 Å². The summed E-state index contributed by atoms with van der Waals surface area (Å²) in [7, 11) is 0. The van der Waals surface area contributed by atoms with Gasteiger partial charge in [0.2, 0.25) is 6.79 Å². The zero-order chi connectivity index (χ0) is 25.0. The minimum atomic E-state index is -0.597. The third-order valence-corrected chi connectivity index (χ3v) is 4.39. The van der Waals surface area contributed by atoms with Crippen molar-refractivity contribution >= 4 is 17.9 Å². The molecule has 0 fully saturated rings. The first-order valence-electron chi connectivity index (χ1n) is 10.4. The van der Waals surface area contributed by atoms with Crippen molar-refractivity contribution in [2.75, 3.05) is 13.4 Å². The fraction of sp³-hybridized carbons (Fsp3) is 0.0741. The first-order chi connectivity index (χ1) is 17.0. The van der Waals surface area contributed by atoms with Gasteiger partial charge in [-0.2, -0.15) is 0 Å². The molecule has 0 aliphatic heterocycles. The lowest BCUT2D eigenvalue weighted by atomic mass is 10.2. The number of rotatable bonds is 11. The van der Waals surface area contributed by atoms with Crippen molar-refractivity contribution in [3.8, 4) is 23.0 Å². The van der Waals surface area contributed by atoms with Gasteiger partial charge in [-0.3, -0.25) is 0 Å². The zero-order valence-electron chi connectivity index (χ0n) is 18.7. The van der Waals surface area contributed by atoms with Gasteiger partial charge in [-0.1, -0.05) is 19.2 Å². The van der Waals surface area contributed by atoms with Crippen LogP contribution < -0.4 is 18.9 Å². The van der Waals surface area contributed by atoms with E-state index in [0.29, 0.717) is 29.4 Å². The molecule has 0 aliphatic carbocycles. The monoisotopic (exact) mass is 474 g/mol.